The number of aromatic amines is 1. The Bertz CT molecular complexity index is 806. The highest BCUT2D eigenvalue weighted by Crippen LogP contribution is 2.17. The van der Waals surface area contributed by atoms with Crippen molar-refractivity contribution in [3.63, 3.8) is 0 Å². The summed E-state index contributed by atoms with van der Waals surface area (Å²) >= 11 is 0. The van der Waals surface area contributed by atoms with Crippen LogP contribution in [0.1, 0.15) is 21.9 Å². The SMILES string of the molecule is O=C(c1ccn(-c2ccncc2)n1)N1CCc2nc[nH]c2C1. The molecule has 0 fully saturated rings. The van der Waals surface area contributed by atoms with Crippen molar-refractivity contribution in [1.29, 1.82) is 0 Å². The predicted molar refractivity (Wildman–Crippen MR) is 78.4 cm³/mol. The van der Waals surface area contributed by atoms with E-state index in [4.69, 9.17) is 0 Å². The van der Waals surface area contributed by atoms with E-state index in [1.807, 2.05) is 12.1 Å². The van der Waals surface area contributed by atoms with Crippen LogP contribution in [0.2, 0.25) is 0 Å². The van der Waals surface area contributed by atoms with E-state index in [1.165, 1.54) is 0 Å². The minimum Gasteiger partial charge on any atom is -0.347 e. The van der Waals surface area contributed by atoms with E-state index in [9.17, 15) is 4.79 Å². The van der Waals surface area contributed by atoms with Crippen LogP contribution in [0.4, 0.5) is 0 Å². The lowest BCUT2D eigenvalue weighted by Crippen LogP contribution is -2.36. The Morgan fingerprint density at radius 3 is 2.95 bits per heavy atom. The lowest BCUT2D eigenvalue weighted by atomic mass is 10.1. The summed E-state index contributed by atoms with van der Waals surface area (Å²) in [4.78, 5) is 25.7. The molecule has 3 aromatic heterocycles. The van der Waals surface area contributed by atoms with Crippen molar-refractivity contribution in [3.05, 3.63) is 60.2 Å². The Morgan fingerprint density at radius 2 is 2.09 bits per heavy atom. The lowest BCUT2D eigenvalue weighted by molar-refractivity contribution is 0.0725. The fourth-order valence-corrected chi connectivity index (χ4v) is 2.63. The standard InChI is InChI=1S/C15H14N6O/c22-15(20-7-3-12-14(9-20)18-10-17-12)13-4-8-21(19-13)11-1-5-16-6-2-11/h1-2,4-6,8,10H,3,7,9H2,(H,17,18). The molecule has 0 unspecified atom stereocenters. The zero-order valence-electron chi connectivity index (χ0n) is 11.8. The summed E-state index contributed by atoms with van der Waals surface area (Å²) in [6, 6.07) is 5.43. The number of rotatable bonds is 2. The fraction of sp³-hybridized carbons (Fsp3) is 0.200. The maximum atomic E-state index is 12.6. The molecule has 7 nitrogen and oxygen atoms in total. The summed E-state index contributed by atoms with van der Waals surface area (Å²) in [7, 11) is 0. The Kier molecular flexibility index (Phi) is 2.96. The molecule has 1 aliphatic rings. The van der Waals surface area contributed by atoms with Gasteiger partial charge in [0.2, 0.25) is 0 Å². The second-order valence-electron chi connectivity index (χ2n) is 5.16. The topological polar surface area (TPSA) is 79.7 Å². The van der Waals surface area contributed by atoms with Gasteiger partial charge in [-0.3, -0.25) is 9.78 Å². The number of carbonyl (C=O) groups excluding carboxylic acids is 1. The molecule has 0 bridgehead atoms. The van der Waals surface area contributed by atoms with Gasteiger partial charge in [0.15, 0.2) is 5.69 Å². The van der Waals surface area contributed by atoms with Gasteiger partial charge in [-0.25, -0.2) is 9.67 Å². The van der Waals surface area contributed by atoms with Crippen LogP contribution in [-0.2, 0) is 13.0 Å². The van der Waals surface area contributed by atoms with Gasteiger partial charge in [-0.2, -0.15) is 5.10 Å². The highest BCUT2D eigenvalue weighted by atomic mass is 16.2. The molecule has 0 aliphatic carbocycles. The van der Waals surface area contributed by atoms with Crippen molar-refractivity contribution >= 4 is 5.91 Å². The predicted octanol–water partition coefficient (Wildman–Crippen LogP) is 1.19. The molecule has 4 heterocycles. The van der Waals surface area contributed by atoms with E-state index >= 15 is 0 Å². The summed E-state index contributed by atoms with van der Waals surface area (Å²) in [6.07, 6.45) is 7.63. The summed E-state index contributed by atoms with van der Waals surface area (Å²) in [6.45, 7) is 1.22. The monoisotopic (exact) mass is 294 g/mol. The second kappa shape index (κ2) is 5.10. The molecule has 4 rings (SSSR count). The first-order valence-corrected chi connectivity index (χ1v) is 7.08. The molecule has 0 aromatic carbocycles. The molecule has 7 heteroatoms. The number of hydrogen-bond acceptors (Lipinski definition) is 4. The molecular weight excluding hydrogens is 280 g/mol. The highest BCUT2D eigenvalue weighted by Gasteiger charge is 2.24. The number of fused-ring (bicyclic) bond motifs is 1. The Hall–Kier alpha value is -2.96. The number of pyridine rings is 1. The van der Waals surface area contributed by atoms with Crippen LogP contribution < -0.4 is 0 Å². The van der Waals surface area contributed by atoms with Crippen LogP contribution in [0.5, 0.6) is 0 Å². The van der Waals surface area contributed by atoms with E-state index in [0.29, 0.717) is 18.8 Å². The first kappa shape index (κ1) is 12.8. The molecule has 1 aliphatic heterocycles. The van der Waals surface area contributed by atoms with Gasteiger partial charge < -0.3 is 9.88 Å². The summed E-state index contributed by atoms with van der Waals surface area (Å²) in [5, 5.41) is 4.37. The van der Waals surface area contributed by atoms with Gasteiger partial charge in [-0.1, -0.05) is 0 Å². The van der Waals surface area contributed by atoms with Crippen LogP contribution in [-0.4, -0.2) is 42.1 Å². The first-order valence-electron chi connectivity index (χ1n) is 7.08. The smallest absolute Gasteiger partial charge is 0.274 e. The van der Waals surface area contributed by atoms with Gasteiger partial charge in [0, 0.05) is 31.6 Å². The van der Waals surface area contributed by atoms with Crippen molar-refractivity contribution in [1.82, 2.24) is 29.6 Å². The van der Waals surface area contributed by atoms with Crippen LogP contribution in [0.15, 0.2) is 43.1 Å². The number of hydrogen-bond donors (Lipinski definition) is 1. The molecule has 1 N–H and O–H groups in total. The summed E-state index contributed by atoms with van der Waals surface area (Å²) < 4.78 is 1.68. The maximum Gasteiger partial charge on any atom is 0.274 e. The zero-order valence-corrected chi connectivity index (χ0v) is 11.8. The third kappa shape index (κ3) is 2.16. The Labute approximate surface area is 126 Å². The Morgan fingerprint density at radius 1 is 1.23 bits per heavy atom. The molecule has 22 heavy (non-hydrogen) atoms. The van der Waals surface area contributed by atoms with Crippen molar-refractivity contribution in [2.75, 3.05) is 6.54 Å². The number of nitrogens with zero attached hydrogens (tertiary/aromatic N) is 5. The largest absolute Gasteiger partial charge is 0.347 e. The third-order valence-electron chi connectivity index (χ3n) is 3.80. The number of amides is 1. The van der Waals surface area contributed by atoms with Crippen molar-refractivity contribution in [3.8, 4) is 5.69 Å². The van der Waals surface area contributed by atoms with Gasteiger partial charge >= 0.3 is 0 Å². The zero-order chi connectivity index (χ0) is 14.9. The highest BCUT2D eigenvalue weighted by molar-refractivity contribution is 5.92. The van der Waals surface area contributed by atoms with Crippen LogP contribution >= 0.6 is 0 Å². The normalized spacial score (nSPS) is 13.9. The molecule has 0 saturated heterocycles. The fourth-order valence-electron chi connectivity index (χ4n) is 2.63. The Balaban J connectivity index is 1.56. The quantitative estimate of drug-likeness (QED) is 0.770. The minimum atomic E-state index is -0.0620. The number of H-pyrrole nitrogens is 1. The van der Waals surface area contributed by atoms with Gasteiger partial charge in [-0.15, -0.1) is 0 Å². The van der Waals surface area contributed by atoms with Crippen molar-refractivity contribution < 1.29 is 4.79 Å². The average molecular weight is 294 g/mol. The van der Waals surface area contributed by atoms with Gasteiger partial charge in [0.1, 0.15) is 0 Å². The first-order chi connectivity index (χ1) is 10.8. The minimum absolute atomic E-state index is 0.0620. The maximum absolute atomic E-state index is 12.6. The van der Waals surface area contributed by atoms with Gasteiger partial charge in [-0.05, 0) is 18.2 Å². The molecule has 0 atom stereocenters. The lowest BCUT2D eigenvalue weighted by Gasteiger charge is -2.25. The van der Waals surface area contributed by atoms with Gasteiger partial charge in [0.05, 0.1) is 29.9 Å². The van der Waals surface area contributed by atoms with Gasteiger partial charge in [0.25, 0.3) is 5.91 Å². The van der Waals surface area contributed by atoms with E-state index in [-0.39, 0.29) is 5.91 Å². The van der Waals surface area contributed by atoms with Crippen LogP contribution in [0.3, 0.4) is 0 Å². The number of nitrogens with one attached hydrogen (secondary N) is 1. The van der Waals surface area contributed by atoms with Crippen LogP contribution in [0, 0.1) is 0 Å². The third-order valence-corrected chi connectivity index (χ3v) is 3.80. The molecule has 0 radical (unpaired) electrons. The van der Waals surface area contributed by atoms with E-state index in [1.54, 1.807) is 40.6 Å². The molecular formula is C15H14N6O. The molecule has 110 valence electrons. The molecule has 1 amide bonds. The van der Waals surface area contributed by atoms with E-state index in [2.05, 4.69) is 20.1 Å². The van der Waals surface area contributed by atoms with Crippen LogP contribution in [0.25, 0.3) is 5.69 Å². The van der Waals surface area contributed by atoms with E-state index in [0.717, 1.165) is 23.5 Å². The summed E-state index contributed by atoms with van der Waals surface area (Å²) in [5.74, 6) is -0.0620. The number of carbonyl (C=O) groups is 1. The molecule has 3 aromatic rings. The average Bonchev–Trinajstić information content (AvgIpc) is 3.23. The number of imidazole rings is 1. The molecule has 0 spiro atoms. The number of aromatic nitrogens is 5. The molecule has 0 saturated carbocycles. The van der Waals surface area contributed by atoms with Crippen molar-refractivity contribution in [2.45, 2.75) is 13.0 Å². The second-order valence-corrected chi connectivity index (χ2v) is 5.16. The van der Waals surface area contributed by atoms with Crippen molar-refractivity contribution in [2.24, 2.45) is 0 Å². The summed E-state index contributed by atoms with van der Waals surface area (Å²) in [5.41, 5.74) is 3.38. The van der Waals surface area contributed by atoms with E-state index < -0.39 is 0 Å².